The quantitative estimate of drug-likeness (QED) is 0.902. The van der Waals surface area contributed by atoms with Crippen LogP contribution in [0.15, 0.2) is 28.7 Å². The molecule has 2 rings (SSSR count). The number of nitrogens with zero attached hydrogens (tertiary/aromatic N) is 1. The second kappa shape index (κ2) is 7.39. The Hall–Kier alpha value is -0.420. The van der Waals surface area contributed by atoms with Gasteiger partial charge < -0.3 is 9.84 Å². The number of ether oxygens (including phenoxy) is 1. The highest BCUT2D eigenvalue weighted by molar-refractivity contribution is 9.10. The van der Waals surface area contributed by atoms with Crippen molar-refractivity contribution < 1.29 is 9.84 Å². The zero-order valence-corrected chi connectivity index (χ0v) is 13.0. The first-order valence-corrected chi connectivity index (χ1v) is 7.76. The maximum atomic E-state index is 10.3. The number of morpholine rings is 1. The van der Waals surface area contributed by atoms with Crippen molar-refractivity contribution in [1.82, 2.24) is 4.90 Å². The molecule has 0 bridgehead atoms. The van der Waals surface area contributed by atoms with E-state index in [1.165, 1.54) is 0 Å². The number of halogens is 1. The third-order valence-electron chi connectivity index (χ3n) is 3.66. The maximum absolute atomic E-state index is 10.3. The monoisotopic (exact) mass is 327 g/mol. The second-order valence-corrected chi connectivity index (χ2v) is 5.88. The SMILES string of the molecule is CCC1CN(CCC(O)c2ccccc2Br)CCO1. The van der Waals surface area contributed by atoms with E-state index in [1.807, 2.05) is 24.3 Å². The van der Waals surface area contributed by atoms with Crippen molar-refractivity contribution in [2.24, 2.45) is 0 Å². The molecule has 0 aromatic heterocycles. The summed E-state index contributed by atoms with van der Waals surface area (Å²) in [4.78, 5) is 2.39. The molecular formula is C15H22BrNO2. The molecule has 1 N–H and O–H groups in total. The summed E-state index contributed by atoms with van der Waals surface area (Å²) in [7, 11) is 0. The van der Waals surface area contributed by atoms with Crippen molar-refractivity contribution in [3.63, 3.8) is 0 Å². The van der Waals surface area contributed by atoms with Crippen LogP contribution >= 0.6 is 15.9 Å². The van der Waals surface area contributed by atoms with E-state index in [9.17, 15) is 5.11 Å². The van der Waals surface area contributed by atoms with Gasteiger partial charge in [0.15, 0.2) is 0 Å². The van der Waals surface area contributed by atoms with Crippen LogP contribution in [0.3, 0.4) is 0 Å². The fourth-order valence-electron chi connectivity index (χ4n) is 2.44. The lowest BCUT2D eigenvalue weighted by Crippen LogP contribution is -2.42. The molecule has 1 aliphatic heterocycles. The number of hydrogen-bond acceptors (Lipinski definition) is 3. The summed E-state index contributed by atoms with van der Waals surface area (Å²) >= 11 is 3.49. The van der Waals surface area contributed by atoms with Crippen molar-refractivity contribution in [2.75, 3.05) is 26.2 Å². The Morgan fingerprint density at radius 2 is 2.26 bits per heavy atom. The van der Waals surface area contributed by atoms with Gasteiger partial charge in [-0.1, -0.05) is 41.1 Å². The molecule has 4 heteroatoms. The zero-order chi connectivity index (χ0) is 13.7. The van der Waals surface area contributed by atoms with Gasteiger partial charge in [-0.2, -0.15) is 0 Å². The van der Waals surface area contributed by atoms with Gasteiger partial charge in [0.25, 0.3) is 0 Å². The van der Waals surface area contributed by atoms with Gasteiger partial charge in [-0.25, -0.2) is 0 Å². The molecule has 0 aliphatic carbocycles. The molecule has 2 atom stereocenters. The van der Waals surface area contributed by atoms with E-state index in [2.05, 4.69) is 27.8 Å². The predicted octanol–water partition coefficient (Wildman–Crippen LogP) is 2.98. The van der Waals surface area contributed by atoms with Crippen LogP contribution in [-0.2, 0) is 4.74 Å². The fourth-order valence-corrected chi connectivity index (χ4v) is 2.99. The summed E-state index contributed by atoms with van der Waals surface area (Å²) in [6, 6.07) is 7.88. The zero-order valence-electron chi connectivity index (χ0n) is 11.4. The summed E-state index contributed by atoms with van der Waals surface area (Å²) < 4.78 is 6.64. The highest BCUT2D eigenvalue weighted by Gasteiger charge is 2.20. The highest BCUT2D eigenvalue weighted by atomic mass is 79.9. The first kappa shape index (κ1) is 15.0. The Morgan fingerprint density at radius 3 is 3.00 bits per heavy atom. The maximum Gasteiger partial charge on any atom is 0.0813 e. The van der Waals surface area contributed by atoms with E-state index >= 15 is 0 Å². The third kappa shape index (κ3) is 4.28. The molecule has 1 aromatic rings. The fraction of sp³-hybridized carbons (Fsp3) is 0.600. The Balaban J connectivity index is 1.83. The molecule has 1 heterocycles. The minimum Gasteiger partial charge on any atom is -0.388 e. The van der Waals surface area contributed by atoms with E-state index in [0.717, 1.165) is 49.1 Å². The average Bonchev–Trinajstić information content (AvgIpc) is 2.45. The Morgan fingerprint density at radius 1 is 1.47 bits per heavy atom. The normalized spacial score (nSPS) is 22.4. The number of aliphatic hydroxyl groups excluding tert-OH is 1. The van der Waals surface area contributed by atoms with Crippen LogP contribution in [0.25, 0.3) is 0 Å². The molecule has 3 nitrogen and oxygen atoms in total. The summed E-state index contributed by atoms with van der Waals surface area (Å²) in [6.45, 7) is 5.84. The molecule has 0 amide bonds. The minimum atomic E-state index is -0.404. The molecule has 1 fully saturated rings. The molecule has 106 valence electrons. The summed E-state index contributed by atoms with van der Waals surface area (Å²) in [5, 5.41) is 10.3. The van der Waals surface area contributed by atoms with Crippen LogP contribution in [0.2, 0.25) is 0 Å². The predicted molar refractivity (Wildman–Crippen MR) is 80.2 cm³/mol. The van der Waals surface area contributed by atoms with Gasteiger partial charge in [0.2, 0.25) is 0 Å². The Bertz CT molecular complexity index is 399. The minimum absolute atomic E-state index is 0.356. The van der Waals surface area contributed by atoms with Crippen molar-refractivity contribution in [2.45, 2.75) is 32.0 Å². The van der Waals surface area contributed by atoms with E-state index in [0.29, 0.717) is 6.10 Å². The molecule has 2 unspecified atom stereocenters. The number of aliphatic hydroxyl groups is 1. The van der Waals surface area contributed by atoms with Crippen molar-refractivity contribution in [3.8, 4) is 0 Å². The lowest BCUT2D eigenvalue weighted by Gasteiger charge is -2.32. The number of rotatable bonds is 5. The van der Waals surface area contributed by atoms with E-state index in [1.54, 1.807) is 0 Å². The van der Waals surface area contributed by atoms with Crippen LogP contribution in [0.1, 0.15) is 31.4 Å². The van der Waals surface area contributed by atoms with Crippen LogP contribution in [-0.4, -0.2) is 42.4 Å². The van der Waals surface area contributed by atoms with Gasteiger partial charge in [0.1, 0.15) is 0 Å². The Labute approximate surface area is 123 Å². The Kier molecular flexibility index (Phi) is 5.82. The van der Waals surface area contributed by atoms with Gasteiger partial charge >= 0.3 is 0 Å². The van der Waals surface area contributed by atoms with Gasteiger partial charge in [0.05, 0.1) is 18.8 Å². The van der Waals surface area contributed by atoms with Gasteiger partial charge in [0, 0.05) is 24.1 Å². The standard InChI is InChI=1S/C15H22BrNO2/c1-2-12-11-17(9-10-19-12)8-7-15(18)13-5-3-4-6-14(13)16/h3-6,12,15,18H,2,7-11H2,1H3. The molecule has 1 saturated heterocycles. The molecule has 1 aliphatic rings. The van der Waals surface area contributed by atoms with Crippen molar-refractivity contribution in [1.29, 1.82) is 0 Å². The van der Waals surface area contributed by atoms with Crippen LogP contribution in [0, 0.1) is 0 Å². The number of benzene rings is 1. The average molecular weight is 328 g/mol. The molecule has 19 heavy (non-hydrogen) atoms. The van der Waals surface area contributed by atoms with E-state index in [4.69, 9.17) is 4.74 Å². The molecule has 0 spiro atoms. The number of hydrogen-bond donors (Lipinski definition) is 1. The topological polar surface area (TPSA) is 32.7 Å². The van der Waals surface area contributed by atoms with Gasteiger partial charge in [-0.15, -0.1) is 0 Å². The van der Waals surface area contributed by atoms with Crippen LogP contribution < -0.4 is 0 Å². The molecule has 0 saturated carbocycles. The van der Waals surface area contributed by atoms with Crippen molar-refractivity contribution >= 4 is 15.9 Å². The van der Waals surface area contributed by atoms with E-state index < -0.39 is 6.10 Å². The smallest absolute Gasteiger partial charge is 0.0813 e. The van der Waals surface area contributed by atoms with Crippen molar-refractivity contribution in [3.05, 3.63) is 34.3 Å². The lowest BCUT2D eigenvalue weighted by atomic mass is 10.1. The van der Waals surface area contributed by atoms with Gasteiger partial charge in [-0.3, -0.25) is 4.90 Å². The molecule has 0 radical (unpaired) electrons. The largest absolute Gasteiger partial charge is 0.388 e. The summed E-state index contributed by atoms with van der Waals surface area (Å²) in [5.41, 5.74) is 0.975. The summed E-state index contributed by atoms with van der Waals surface area (Å²) in [5.74, 6) is 0. The van der Waals surface area contributed by atoms with Crippen LogP contribution in [0.4, 0.5) is 0 Å². The van der Waals surface area contributed by atoms with Crippen LogP contribution in [0.5, 0.6) is 0 Å². The first-order chi connectivity index (χ1) is 9.20. The first-order valence-electron chi connectivity index (χ1n) is 6.97. The summed E-state index contributed by atoms with van der Waals surface area (Å²) in [6.07, 6.45) is 1.77. The highest BCUT2D eigenvalue weighted by Crippen LogP contribution is 2.25. The molecule has 1 aromatic carbocycles. The second-order valence-electron chi connectivity index (χ2n) is 5.03. The molecular weight excluding hydrogens is 306 g/mol. The van der Waals surface area contributed by atoms with E-state index in [-0.39, 0.29) is 0 Å². The lowest BCUT2D eigenvalue weighted by molar-refractivity contribution is -0.0330. The van der Waals surface area contributed by atoms with Gasteiger partial charge in [-0.05, 0) is 24.5 Å². The third-order valence-corrected chi connectivity index (χ3v) is 4.38.